The van der Waals surface area contributed by atoms with Crippen molar-refractivity contribution in [2.24, 2.45) is 0 Å². The molecule has 0 saturated carbocycles. The van der Waals surface area contributed by atoms with Gasteiger partial charge in [-0.25, -0.2) is 13.1 Å². The van der Waals surface area contributed by atoms with Crippen LogP contribution in [0.2, 0.25) is 0 Å². The van der Waals surface area contributed by atoms with Crippen LogP contribution in [0, 0.1) is 0 Å². The van der Waals surface area contributed by atoms with Crippen LogP contribution in [0.5, 0.6) is 0 Å². The lowest BCUT2D eigenvalue weighted by atomic mass is 10.4. The molecule has 1 heterocycles. The maximum atomic E-state index is 12.3. The number of halogens is 2. The largest absolute Gasteiger partial charge is 0.264 e. The molecule has 0 amide bonds. The Hall–Kier alpha value is -0.860. The molecule has 8 heteroatoms. The summed E-state index contributed by atoms with van der Waals surface area (Å²) in [5.41, 5.74) is 0. The average Bonchev–Trinajstić information content (AvgIpc) is 2.78. The van der Waals surface area contributed by atoms with E-state index < -0.39 is 10.0 Å². The van der Waals surface area contributed by atoms with E-state index in [2.05, 4.69) is 41.7 Å². The number of aryl methyl sites for hydroxylation is 1. The molecule has 0 fully saturated rings. The van der Waals surface area contributed by atoms with Crippen LogP contribution in [-0.2, 0) is 16.6 Å². The third-order valence-electron chi connectivity index (χ3n) is 2.44. The molecule has 0 aliphatic carbocycles. The van der Waals surface area contributed by atoms with Crippen LogP contribution in [0.3, 0.4) is 0 Å². The molecule has 5 nitrogen and oxygen atoms in total. The Bertz CT molecular complexity index is 698. The molecule has 0 aliphatic heterocycles. The van der Waals surface area contributed by atoms with Crippen molar-refractivity contribution in [1.29, 1.82) is 0 Å². The fourth-order valence-corrected chi connectivity index (χ4v) is 4.11. The molecule has 2 rings (SSSR count). The first-order valence-corrected chi connectivity index (χ1v) is 8.50. The fraction of sp³-hybridized carbons (Fsp3) is 0.182. The minimum atomic E-state index is -3.66. The molecule has 2 aromatic rings. The quantitative estimate of drug-likeness (QED) is 0.844. The number of sulfonamides is 1. The Morgan fingerprint density at radius 1 is 1.32 bits per heavy atom. The first-order chi connectivity index (χ1) is 8.94. The van der Waals surface area contributed by atoms with Crippen molar-refractivity contribution >= 4 is 47.7 Å². The summed E-state index contributed by atoms with van der Waals surface area (Å²) in [6, 6.07) is 6.60. The van der Waals surface area contributed by atoms with Gasteiger partial charge in [0.2, 0.25) is 0 Å². The maximum Gasteiger partial charge on any atom is 0.264 e. The zero-order valence-corrected chi connectivity index (χ0v) is 14.0. The smallest absolute Gasteiger partial charge is 0.264 e. The van der Waals surface area contributed by atoms with Crippen LogP contribution < -0.4 is 4.72 Å². The van der Waals surface area contributed by atoms with Crippen molar-refractivity contribution in [3.05, 3.63) is 39.4 Å². The zero-order chi connectivity index (χ0) is 14.0. The Labute approximate surface area is 128 Å². The number of rotatable bonds is 4. The fourth-order valence-electron chi connectivity index (χ4n) is 1.55. The van der Waals surface area contributed by atoms with Gasteiger partial charge in [0.25, 0.3) is 10.0 Å². The van der Waals surface area contributed by atoms with Gasteiger partial charge in [-0.3, -0.25) is 4.72 Å². The monoisotopic (exact) mass is 407 g/mol. The van der Waals surface area contributed by atoms with Crippen LogP contribution in [0.1, 0.15) is 6.92 Å². The highest BCUT2D eigenvalue weighted by Crippen LogP contribution is 2.27. The van der Waals surface area contributed by atoms with E-state index >= 15 is 0 Å². The highest BCUT2D eigenvalue weighted by molar-refractivity contribution is 9.11. The van der Waals surface area contributed by atoms with Gasteiger partial charge in [-0.05, 0) is 41.1 Å². The predicted octanol–water partition coefficient (Wildman–Crippen LogP) is 3.23. The summed E-state index contributed by atoms with van der Waals surface area (Å²) in [4.78, 5) is 0.172. The average molecular weight is 409 g/mol. The summed E-state index contributed by atoms with van der Waals surface area (Å²) in [6.07, 6.45) is 1.55. The third kappa shape index (κ3) is 3.18. The number of nitrogens with one attached hydrogen (secondary N) is 1. The van der Waals surface area contributed by atoms with Crippen LogP contribution in [0.25, 0.3) is 0 Å². The molecule has 0 spiro atoms. The lowest BCUT2D eigenvalue weighted by molar-refractivity contribution is 0.598. The summed E-state index contributed by atoms with van der Waals surface area (Å²) in [7, 11) is -3.66. The van der Waals surface area contributed by atoms with Crippen molar-refractivity contribution in [3.63, 3.8) is 0 Å². The second kappa shape index (κ2) is 5.64. The molecule has 0 unspecified atom stereocenters. The number of hydrogen-bond acceptors (Lipinski definition) is 3. The minimum Gasteiger partial charge on any atom is -0.264 e. The maximum absolute atomic E-state index is 12.3. The van der Waals surface area contributed by atoms with Gasteiger partial charge in [0.05, 0.1) is 6.20 Å². The highest BCUT2D eigenvalue weighted by atomic mass is 79.9. The van der Waals surface area contributed by atoms with Gasteiger partial charge in [-0.2, -0.15) is 5.10 Å². The second-order valence-electron chi connectivity index (χ2n) is 3.71. The van der Waals surface area contributed by atoms with Crippen molar-refractivity contribution in [3.8, 4) is 0 Å². The molecule has 19 heavy (non-hydrogen) atoms. The van der Waals surface area contributed by atoms with Gasteiger partial charge in [-0.1, -0.05) is 15.9 Å². The van der Waals surface area contributed by atoms with Gasteiger partial charge >= 0.3 is 0 Å². The predicted molar refractivity (Wildman–Crippen MR) is 80.6 cm³/mol. The van der Waals surface area contributed by atoms with Crippen LogP contribution in [-0.4, -0.2) is 18.2 Å². The SMILES string of the molecule is CCn1nccc1NS(=O)(=O)c1cc(Br)ccc1Br. The van der Waals surface area contributed by atoms with Crippen molar-refractivity contribution in [1.82, 2.24) is 9.78 Å². The van der Waals surface area contributed by atoms with Crippen LogP contribution in [0.15, 0.2) is 44.3 Å². The van der Waals surface area contributed by atoms with E-state index in [0.717, 1.165) is 0 Å². The minimum absolute atomic E-state index is 0.172. The molecule has 0 atom stereocenters. The number of benzene rings is 1. The molecular formula is C11H11Br2N3O2S. The Balaban J connectivity index is 2.41. The normalized spacial score (nSPS) is 11.5. The Morgan fingerprint density at radius 2 is 2.05 bits per heavy atom. The first-order valence-electron chi connectivity index (χ1n) is 5.43. The summed E-state index contributed by atoms with van der Waals surface area (Å²) in [5, 5.41) is 4.02. The van der Waals surface area contributed by atoms with E-state index in [0.29, 0.717) is 21.3 Å². The van der Waals surface area contributed by atoms with Gasteiger partial charge in [0.15, 0.2) is 0 Å². The second-order valence-corrected chi connectivity index (χ2v) is 7.13. The molecule has 1 aromatic carbocycles. The van der Waals surface area contributed by atoms with E-state index in [1.54, 1.807) is 35.1 Å². The third-order valence-corrected chi connectivity index (χ3v) is 5.28. The zero-order valence-electron chi connectivity index (χ0n) is 9.97. The Kier molecular flexibility index (Phi) is 4.32. The first kappa shape index (κ1) is 14.5. The van der Waals surface area contributed by atoms with Crippen molar-refractivity contribution in [2.75, 3.05) is 4.72 Å². The topological polar surface area (TPSA) is 64.0 Å². The Morgan fingerprint density at radius 3 is 2.74 bits per heavy atom. The van der Waals surface area contributed by atoms with Gasteiger partial charge in [0.1, 0.15) is 10.7 Å². The molecule has 0 aliphatic rings. The lowest BCUT2D eigenvalue weighted by Crippen LogP contribution is -2.16. The highest BCUT2D eigenvalue weighted by Gasteiger charge is 2.19. The molecule has 1 N–H and O–H groups in total. The van der Waals surface area contributed by atoms with E-state index in [9.17, 15) is 8.42 Å². The number of nitrogens with zero attached hydrogens (tertiary/aromatic N) is 2. The lowest BCUT2D eigenvalue weighted by Gasteiger charge is -2.11. The van der Waals surface area contributed by atoms with Crippen molar-refractivity contribution in [2.45, 2.75) is 18.4 Å². The van der Waals surface area contributed by atoms with E-state index in [-0.39, 0.29) is 4.90 Å². The van der Waals surface area contributed by atoms with Crippen molar-refractivity contribution < 1.29 is 8.42 Å². The molecular weight excluding hydrogens is 398 g/mol. The summed E-state index contributed by atoms with van der Waals surface area (Å²) in [6.45, 7) is 2.48. The standard InChI is InChI=1S/C11H11Br2N3O2S/c1-2-16-11(5-6-14-16)15-19(17,18)10-7-8(12)3-4-9(10)13/h3-7,15H,2H2,1H3. The summed E-state index contributed by atoms with van der Waals surface area (Å²) < 4.78 is 30.0. The summed E-state index contributed by atoms with van der Waals surface area (Å²) in [5.74, 6) is 0.439. The van der Waals surface area contributed by atoms with Gasteiger partial charge in [0, 0.05) is 21.6 Å². The molecule has 1 aromatic heterocycles. The molecule has 0 radical (unpaired) electrons. The number of hydrogen-bond donors (Lipinski definition) is 1. The molecule has 0 saturated heterocycles. The number of anilines is 1. The van der Waals surface area contributed by atoms with E-state index in [1.807, 2.05) is 6.92 Å². The van der Waals surface area contributed by atoms with Crippen LogP contribution >= 0.6 is 31.9 Å². The van der Waals surface area contributed by atoms with Gasteiger partial charge < -0.3 is 0 Å². The molecule has 0 bridgehead atoms. The van der Waals surface area contributed by atoms with E-state index in [1.165, 1.54) is 0 Å². The van der Waals surface area contributed by atoms with Gasteiger partial charge in [-0.15, -0.1) is 0 Å². The number of aromatic nitrogens is 2. The summed E-state index contributed by atoms with van der Waals surface area (Å²) >= 11 is 6.51. The van der Waals surface area contributed by atoms with E-state index in [4.69, 9.17) is 0 Å². The van der Waals surface area contributed by atoms with Crippen LogP contribution in [0.4, 0.5) is 5.82 Å². The molecule has 102 valence electrons.